The number of benzene rings is 3. The standard InChI is InChI=1S/C27H23N3/c1-18-9-10-26-23(13-18)25-17-28-12-11-27(25)30(26)21-7-4-6-19(14-21)24-16-29-15-20-5-2-3-8-22(20)24/h2-10,13-16,28H,11-12,17H2,1H3. The molecule has 1 N–H and O–H groups in total. The Morgan fingerprint density at radius 2 is 1.83 bits per heavy atom. The minimum atomic E-state index is 0.940. The molecule has 1 aliphatic rings. The highest BCUT2D eigenvalue weighted by atomic mass is 15.0. The second-order valence-corrected chi connectivity index (χ2v) is 8.17. The number of aryl methyl sites for hydroxylation is 1. The number of fused-ring (bicyclic) bond motifs is 4. The summed E-state index contributed by atoms with van der Waals surface area (Å²) in [5, 5.41) is 7.33. The van der Waals surface area contributed by atoms with Crippen molar-refractivity contribution in [2.45, 2.75) is 19.9 Å². The summed E-state index contributed by atoms with van der Waals surface area (Å²) in [6.07, 6.45) is 4.97. The lowest BCUT2D eigenvalue weighted by molar-refractivity contribution is 0.631. The zero-order valence-electron chi connectivity index (χ0n) is 17.0. The first kappa shape index (κ1) is 17.4. The van der Waals surface area contributed by atoms with E-state index in [-0.39, 0.29) is 0 Å². The van der Waals surface area contributed by atoms with Gasteiger partial charge in [0, 0.05) is 59.6 Å². The smallest absolute Gasteiger partial charge is 0.0535 e. The van der Waals surface area contributed by atoms with Crippen LogP contribution >= 0.6 is 0 Å². The van der Waals surface area contributed by atoms with Crippen molar-refractivity contribution in [1.82, 2.24) is 14.9 Å². The fourth-order valence-electron chi connectivity index (χ4n) is 4.86. The van der Waals surface area contributed by atoms with Crippen LogP contribution in [0, 0.1) is 6.92 Å². The zero-order chi connectivity index (χ0) is 20.1. The average molecular weight is 390 g/mol. The van der Waals surface area contributed by atoms with Crippen LogP contribution in [0.15, 0.2) is 79.1 Å². The lowest BCUT2D eigenvalue weighted by atomic mass is 10.0. The number of hydrogen-bond acceptors (Lipinski definition) is 2. The van der Waals surface area contributed by atoms with Crippen molar-refractivity contribution >= 4 is 21.7 Å². The molecule has 3 heteroatoms. The van der Waals surface area contributed by atoms with Crippen LogP contribution in [0.25, 0.3) is 38.5 Å². The third-order valence-corrected chi connectivity index (χ3v) is 6.26. The normalized spacial score (nSPS) is 13.6. The molecule has 0 radical (unpaired) electrons. The molecule has 3 nitrogen and oxygen atoms in total. The molecule has 1 aliphatic heterocycles. The topological polar surface area (TPSA) is 29.9 Å². The highest BCUT2D eigenvalue weighted by Gasteiger charge is 2.21. The molecule has 3 heterocycles. The van der Waals surface area contributed by atoms with E-state index >= 15 is 0 Å². The molecule has 30 heavy (non-hydrogen) atoms. The highest BCUT2D eigenvalue weighted by molar-refractivity contribution is 5.96. The molecule has 0 atom stereocenters. The van der Waals surface area contributed by atoms with E-state index < -0.39 is 0 Å². The van der Waals surface area contributed by atoms with Gasteiger partial charge >= 0.3 is 0 Å². The molecule has 2 aromatic heterocycles. The molecule has 3 aromatic carbocycles. The van der Waals surface area contributed by atoms with Crippen molar-refractivity contribution in [3.63, 3.8) is 0 Å². The molecule has 0 saturated heterocycles. The van der Waals surface area contributed by atoms with E-state index in [1.54, 1.807) is 0 Å². The summed E-state index contributed by atoms with van der Waals surface area (Å²) in [4.78, 5) is 4.50. The SMILES string of the molecule is Cc1ccc2c(c1)c1c(n2-c2cccc(-c3cncc4ccccc34)c2)CCNC1. The number of rotatable bonds is 2. The predicted octanol–water partition coefficient (Wildman–Crippen LogP) is 5.80. The fourth-order valence-corrected chi connectivity index (χ4v) is 4.86. The number of aromatic nitrogens is 2. The van der Waals surface area contributed by atoms with Crippen LogP contribution < -0.4 is 5.32 Å². The molecule has 0 unspecified atom stereocenters. The summed E-state index contributed by atoms with van der Waals surface area (Å²) >= 11 is 0. The van der Waals surface area contributed by atoms with Crippen molar-refractivity contribution in [3.05, 3.63) is 95.9 Å². The minimum Gasteiger partial charge on any atom is -0.313 e. The van der Waals surface area contributed by atoms with Gasteiger partial charge in [-0.05, 0) is 47.7 Å². The number of pyridine rings is 1. The molecule has 6 rings (SSSR count). The van der Waals surface area contributed by atoms with Gasteiger partial charge < -0.3 is 9.88 Å². The van der Waals surface area contributed by atoms with Crippen LogP contribution in [-0.2, 0) is 13.0 Å². The van der Waals surface area contributed by atoms with E-state index in [1.807, 2.05) is 12.4 Å². The van der Waals surface area contributed by atoms with Gasteiger partial charge in [-0.3, -0.25) is 4.98 Å². The molecule has 0 bridgehead atoms. The molecule has 5 aromatic rings. The maximum absolute atomic E-state index is 4.50. The van der Waals surface area contributed by atoms with E-state index in [9.17, 15) is 0 Å². The third kappa shape index (κ3) is 2.66. The van der Waals surface area contributed by atoms with Crippen molar-refractivity contribution in [1.29, 1.82) is 0 Å². The first-order valence-electron chi connectivity index (χ1n) is 10.6. The van der Waals surface area contributed by atoms with Gasteiger partial charge in [-0.2, -0.15) is 0 Å². The van der Waals surface area contributed by atoms with Gasteiger partial charge in [-0.15, -0.1) is 0 Å². The molecule has 0 aliphatic carbocycles. The summed E-state index contributed by atoms with van der Waals surface area (Å²) < 4.78 is 2.47. The number of nitrogens with one attached hydrogen (secondary N) is 1. The second-order valence-electron chi connectivity index (χ2n) is 8.17. The molecular formula is C27H23N3. The van der Waals surface area contributed by atoms with Crippen molar-refractivity contribution < 1.29 is 0 Å². The lowest BCUT2D eigenvalue weighted by Crippen LogP contribution is -2.24. The highest BCUT2D eigenvalue weighted by Crippen LogP contribution is 2.34. The Kier molecular flexibility index (Phi) is 3.96. The number of hydrogen-bond donors (Lipinski definition) is 1. The monoisotopic (exact) mass is 389 g/mol. The van der Waals surface area contributed by atoms with E-state index in [2.05, 4.69) is 88.5 Å². The second kappa shape index (κ2) is 6.82. The molecule has 0 saturated carbocycles. The first-order chi connectivity index (χ1) is 14.8. The Bertz CT molecular complexity index is 1410. The fraction of sp³-hybridized carbons (Fsp3) is 0.148. The minimum absolute atomic E-state index is 0.940. The van der Waals surface area contributed by atoms with Crippen LogP contribution in [0.4, 0.5) is 0 Å². The van der Waals surface area contributed by atoms with E-state index in [1.165, 1.54) is 55.3 Å². The first-order valence-corrected chi connectivity index (χ1v) is 10.6. The Morgan fingerprint density at radius 1 is 0.900 bits per heavy atom. The van der Waals surface area contributed by atoms with Gasteiger partial charge in [-0.1, -0.05) is 48.0 Å². The third-order valence-electron chi connectivity index (χ3n) is 6.26. The Balaban J connectivity index is 1.59. The van der Waals surface area contributed by atoms with Crippen molar-refractivity contribution in [2.24, 2.45) is 0 Å². The van der Waals surface area contributed by atoms with Crippen LogP contribution in [-0.4, -0.2) is 16.1 Å². The van der Waals surface area contributed by atoms with Crippen LogP contribution in [0.5, 0.6) is 0 Å². The summed E-state index contributed by atoms with van der Waals surface area (Å²) in [5.41, 5.74) is 9.08. The largest absolute Gasteiger partial charge is 0.313 e. The summed E-state index contributed by atoms with van der Waals surface area (Å²) in [6, 6.07) is 24.2. The molecule has 0 fully saturated rings. The Hall–Kier alpha value is -3.43. The molecule has 0 amide bonds. The summed E-state index contributed by atoms with van der Waals surface area (Å²) in [6.45, 7) is 4.14. The van der Waals surface area contributed by atoms with Gasteiger partial charge in [0.2, 0.25) is 0 Å². The van der Waals surface area contributed by atoms with Gasteiger partial charge in [0.25, 0.3) is 0 Å². The Morgan fingerprint density at radius 3 is 2.80 bits per heavy atom. The maximum Gasteiger partial charge on any atom is 0.0535 e. The average Bonchev–Trinajstić information content (AvgIpc) is 3.12. The van der Waals surface area contributed by atoms with E-state index in [0.29, 0.717) is 0 Å². The van der Waals surface area contributed by atoms with Crippen LogP contribution in [0.1, 0.15) is 16.8 Å². The van der Waals surface area contributed by atoms with Gasteiger partial charge in [-0.25, -0.2) is 0 Å². The van der Waals surface area contributed by atoms with Crippen LogP contribution in [0.3, 0.4) is 0 Å². The molecular weight excluding hydrogens is 366 g/mol. The van der Waals surface area contributed by atoms with Crippen molar-refractivity contribution in [2.75, 3.05) is 6.54 Å². The number of nitrogens with zero attached hydrogens (tertiary/aromatic N) is 2. The lowest BCUT2D eigenvalue weighted by Gasteiger charge is -2.18. The molecule has 146 valence electrons. The summed E-state index contributed by atoms with van der Waals surface area (Å²) in [5.74, 6) is 0. The van der Waals surface area contributed by atoms with E-state index in [0.717, 1.165) is 19.5 Å². The van der Waals surface area contributed by atoms with Gasteiger partial charge in [0.1, 0.15) is 0 Å². The van der Waals surface area contributed by atoms with Crippen LogP contribution in [0.2, 0.25) is 0 Å². The predicted molar refractivity (Wildman–Crippen MR) is 124 cm³/mol. The van der Waals surface area contributed by atoms with Crippen molar-refractivity contribution in [3.8, 4) is 16.8 Å². The maximum atomic E-state index is 4.50. The summed E-state index contributed by atoms with van der Waals surface area (Å²) in [7, 11) is 0. The van der Waals surface area contributed by atoms with E-state index in [4.69, 9.17) is 0 Å². The zero-order valence-corrected chi connectivity index (χ0v) is 17.0. The van der Waals surface area contributed by atoms with Gasteiger partial charge in [0.05, 0.1) is 5.52 Å². The Labute approximate surface area is 176 Å². The molecule has 0 spiro atoms. The van der Waals surface area contributed by atoms with Gasteiger partial charge in [0.15, 0.2) is 0 Å². The quantitative estimate of drug-likeness (QED) is 0.413.